The molecule has 3 nitrogen and oxygen atoms in total. The Morgan fingerprint density at radius 2 is 2.05 bits per heavy atom. The first kappa shape index (κ1) is 16.4. The number of nitrogens with one attached hydrogen (secondary N) is 1. The molecule has 1 saturated carbocycles. The molecule has 1 aliphatic carbocycles. The third-order valence-electron chi connectivity index (χ3n) is 3.82. The van der Waals surface area contributed by atoms with Crippen LogP contribution in [0.2, 0.25) is 0 Å². The molecule has 0 aliphatic heterocycles. The van der Waals surface area contributed by atoms with Gasteiger partial charge in [0.05, 0.1) is 7.11 Å². The van der Waals surface area contributed by atoms with Crippen molar-refractivity contribution in [2.24, 2.45) is 0 Å². The Labute approximate surface area is 131 Å². The van der Waals surface area contributed by atoms with Crippen molar-refractivity contribution < 1.29 is 9.53 Å². The predicted octanol–water partition coefficient (Wildman–Crippen LogP) is 3.63. The monoisotopic (exact) mass is 307 g/mol. The van der Waals surface area contributed by atoms with E-state index in [2.05, 4.69) is 29.6 Å². The number of benzene rings is 1. The second-order valence-corrected chi connectivity index (χ2v) is 7.03. The maximum Gasteiger partial charge on any atom is 0.325 e. The van der Waals surface area contributed by atoms with Crippen molar-refractivity contribution in [1.82, 2.24) is 5.32 Å². The molecule has 0 spiro atoms. The van der Waals surface area contributed by atoms with Crippen LogP contribution in [0, 0.1) is 0 Å². The Balaban J connectivity index is 1.70. The van der Waals surface area contributed by atoms with Crippen molar-refractivity contribution in [3.63, 3.8) is 0 Å². The number of carbonyl (C=O) groups excluding carboxylic acids is 1. The maximum atomic E-state index is 12.0. The Kier molecular flexibility index (Phi) is 6.12. The third kappa shape index (κ3) is 5.36. The second-order valence-electron chi connectivity index (χ2n) is 5.86. The molecule has 0 heterocycles. The molecule has 0 saturated heterocycles. The first-order valence-electron chi connectivity index (χ1n) is 7.68. The Bertz CT molecular complexity index is 447. The number of rotatable bonds is 9. The van der Waals surface area contributed by atoms with Crippen LogP contribution in [-0.4, -0.2) is 30.4 Å². The molecular formula is C17H25NO2S. The molecule has 1 aromatic carbocycles. The minimum atomic E-state index is -0.521. The van der Waals surface area contributed by atoms with Crippen molar-refractivity contribution in [3.05, 3.63) is 30.3 Å². The van der Waals surface area contributed by atoms with Crippen molar-refractivity contribution in [2.75, 3.05) is 12.9 Å². The van der Waals surface area contributed by atoms with Crippen LogP contribution in [0.5, 0.6) is 0 Å². The molecule has 1 N–H and O–H groups in total. The molecule has 21 heavy (non-hydrogen) atoms. The van der Waals surface area contributed by atoms with Gasteiger partial charge < -0.3 is 4.74 Å². The summed E-state index contributed by atoms with van der Waals surface area (Å²) in [5.41, 5.74) is -0.521. The van der Waals surface area contributed by atoms with Crippen LogP contribution in [-0.2, 0) is 9.53 Å². The highest BCUT2D eigenvalue weighted by molar-refractivity contribution is 7.99. The third-order valence-corrected chi connectivity index (χ3v) is 4.92. The van der Waals surface area contributed by atoms with Gasteiger partial charge in [-0.25, -0.2) is 0 Å². The van der Waals surface area contributed by atoms with E-state index in [1.54, 1.807) is 0 Å². The van der Waals surface area contributed by atoms with Gasteiger partial charge >= 0.3 is 5.97 Å². The topological polar surface area (TPSA) is 38.3 Å². The van der Waals surface area contributed by atoms with Crippen LogP contribution in [0.1, 0.15) is 39.0 Å². The van der Waals surface area contributed by atoms with Gasteiger partial charge in [-0.3, -0.25) is 10.1 Å². The molecule has 1 fully saturated rings. The number of hydrogen-bond donors (Lipinski definition) is 1. The van der Waals surface area contributed by atoms with Crippen LogP contribution in [0.3, 0.4) is 0 Å². The largest absolute Gasteiger partial charge is 0.468 e. The van der Waals surface area contributed by atoms with Crippen LogP contribution >= 0.6 is 11.8 Å². The highest BCUT2D eigenvalue weighted by Gasteiger charge is 2.38. The van der Waals surface area contributed by atoms with Gasteiger partial charge in [-0.2, -0.15) is 0 Å². The summed E-state index contributed by atoms with van der Waals surface area (Å²) < 4.78 is 4.96. The normalized spacial score (nSPS) is 17.2. The summed E-state index contributed by atoms with van der Waals surface area (Å²) >= 11 is 1.87. The lowest BCUT2D eigenvalue weighted by molar-refractivity contribution is -0.148. The maximum absolute atomic E-state index is 12.0. The fourth-order valence-corrected chi connectivity index (χ4v) is 3.36. The van der Waals surface area contributed by atoms with Gasteiger partial charge in [-0.05, 0) is 50.5 Å². The van der Waals surface area contributed by atoms with E-state index in [0.717, 1.165) is 25.0 Å². The van der Waals surface area contributed by atoms with Crippen molar-refractivity contribution in [2.45, 2.75) is 55.5 Å². The Morgan fingerprint density at radius 3 is 2.67 bits per heavy atom. The van der Waals surface area contributed by atoms with Crippen molar-refractivity contribution >= 4 is 17.7 Å². The number of carbonyl (C=O) groups is 1. The first-order valence-corrected chi connectivity index (χ1v) is 8.66. The van der Waals surface area contributed by atoms with Crippen molar-refractivity contribution in [3.8, 4) is 0 Å². The summed E-state index contributed by atoms with van der Waals surface area (Å²) in [7, 11) is 1.47. The van der Waals surface area contributed by atoms with E-state index in [4.69, 9.17) is 4.74 Å². The van der Waals surface area contributed by atoms with Gasteiger partial charge in [-0.1, -0.05) is 24.6 Å². The van der Waals surface area contributed by atoms with Crippen LogP contribution in [0.4, 0.5) is 0 Å². The van der Waals surface area contributed by atoms with Crippen molar-refractivity contribution in [1.29, 1.82) is 0 Å². The van der Waals surface area contributed by atoms with E-state index in [1.165, 1.54) is 24.8 Å². The van der Waals surface area contributed by atoms with E-state index in [0.29, 0.717) is 6.04 Å². The van der Waals surface area contributed by atoms with E-state index < -0.39 is 5.54 Å². The molecule has 1 unspecified atom stereocenters. The van der Waals surface area contributed by atoms with Crippen LogP contribution < -0.4 is 5.32 Å². The molecule has 0 aromatic heterocycles. The summed E-state index contributed by atoms with van der Waals surface area (Å²) in [5.74, 6) is 0.954. The molecule has 116 valence electrons. The zero-order chi connectivity index (χ0) is 15.1. The SMILES string of the molecule is COC(=O)C(C)(CCCCSc1ccccc1)NC1CC1. The molecule has 4 heteroatoms. The van der Waals surface area contributed by atoms with Gasteiger partial charge in [0.15, 0.2) is 0 Å². The summed E-state index contributed by atoms with van der Waals surface area (Å²) in [6.45, 7) is 1.97. The highest BCUT2D eigenvalue weighted by atomic mass is 32.2. The lowest BCUT2D eigenvalue weighted by Gasteiger charge is -2.28. The number of methoxy groups -OCH3 is 1. The van der Waals surface area contributed by atoms with Gasteiger partial charge in [-0.15, -0.1) is 11.8 Å². The molecule has 0 radical (unpaired) electrons. The fourth-order valence-electron chi connectivity index (χ4n) is 2.42. The predicted molar refractivity (Wildman–Crippen MR) is 87.6 cm³/mol. The molecule has 2 rings (SSSR count). The zero-order valence-electron chi connectivity index (χ0n) is 12.9. The number of esters is 1. The van der Waals surface area contributed by atoms with E-state index in [-0.39, 0.29) is 5.97 Å². The minimum Gasteiger partial charge on any atom is -0.468 e. The molecule has 1 aromatic rings. The fraction of sp³-hybridized carbons (Fsp3) is 0.588. The first-order chi connectivity index (χ1) is 10.1. The molecule has 0 bridgehead atoms. The quantitative estimate of drug-likeness (QED) is 0.429. The second kappa shape index (κ2) is 7.85. The summed E-state index contributed by atoms with van der Waals surface area (Å²) in [4.78, 5) is 13.3. The van der Waals surface area contributed by atoms with Gasteiger partial charge in [0.25, 0.3) is 0 Å². The lowest BCUT2D eigenvalue weighted by Crippen LogP contribution is -2.51. The van der Waals surface area contributed by atoms with Crippen LogP contribution in [0.25, 0.3) is 0 Å². The van der Waals surface area contributed by atoms with E-state index in [1.807, 2.05) is 24.8 Å². The standard InChI is InChI=1S/C17H25NO2S/c1-17(16(19)20-2,18-14-10-11-14)12-6-7-13-21-15-8-4-3-5-9-15/h3-5,8-9,14,18H,6-7,10-13H2,1-2H3. The minimum absolute atomic E-state index is 0.134. The van der Waals surface area contributed by atoms with E-state index >= 15 is 0 Å². The van der Waals surface area contributed by atoms with Gasteiger partial charge in [0.2, 0.25) is 0 Å². The van der Waals surface area contributed by atoms with Gasteiger partial charge in [0.1, 0.15) is 5.54 Å². The molecule has 0 amide bonds. The molecular weight excluding hydrogens is 282 g/mol. The smallest absolute Gasteiger partial charge is 0.325 e. The average Bonchev–Trinajstić information content (AvgIpc) is 3.31. The highest BCUT2D eigenvalue weighted by Crippen LogP contribution is 2.27. The number of hydrogen-bond acceptors (Lipinski definition) is 4. The van der Waals surface area contributed by atoms with E-state index in [9.17, 15) is 4.79 Å². The Hall–Kier alpha value is -1.00. The van der Waals surface area contributed by atoms with Crippen LogP contribution in [0.15, 0.2) is 35.2 Å². The number of unbranched alkanes of at least 4 members (excludes halogenated alkanes) is 1. The summed E-state index contributed by atoms with van der Waals surface area (Å²) in [5, 5.41) is 3.45. The lowest BCUT2D eigenvalue weighted by atomic mass is 9.95. The molecule has 1 aliphatic rings. The number of thioether (sulfide) groups is 1. The number of ether oxygens (including phenoxy) is 1. The van der Waals surface area contributed by atoms with Gasteiger partial charge in [0, 0.05) is 10.9 Å². The summed E-state index contributed by atoms with van der Waals surface area (Å²) in [6, 6.07) is 10.9. The average molecular weight is 307 g/mol. The Morgan fingerprint density at radius 1 is 1.33 bits per heavy atom. The zero-order valence-corrected chi connectivity index (χ0v) is 13.7. The molecule has 1 atom stereocenters. The summed E-state index contributed by atoms with van der Waals surface area (Å²) in [6.07, 6.45) is 5.34.